The van der Waals surface area contributed by atoms with Gasteiger partial charge in [-0.15, -0.1) is 0 Å². The third-order valence-corrected chi connectivity index (χ3v) is 13.9. The fourth-order valence-corrected chi connectivity index (χ4v) is 11.6. The van der Waals surface area contributed by atoms with E-state index >= 15 is 0 Å². The van der Waals surface area contributed by atoms with Gasteiger partial charge in [-0.2, -0.15) is 0 Å². The monoisotopic (exact) mass is 483 g/mol. The van der Waals surface area contributed by atoms with Gasteiger partial charge in [-0.25, -0.2) is 0 Å². The van der Waals surface area contributed by atoms with Crippen molar-refractivity contribution in [1.29, 1.82) is 0 Å². The van der Waals surface area contributed by atoms with Gasteiger partial charge in [-0.05, 0) is 129 Å². The van der Waals surface area contributed by atoms with E-state index in [0.717, 1.165) is 30.3 Å². The molecule has 0 radical (unpaired) electrons. The van der Waals surface area contributed by atoms with Crippen molar-refractivity contribution in [2.45, 2.75) is 113 Å². The van der Waals surface area contributed by atoms with Crippen LogP contribution in [-0.2, 0) is 4.74 Å². The molecule has 0 aromatic rings. The number of ether oxygens (including phenoxy) is 1. The summed E-state index contributed by atoms with van der Waals surface area (Å²) in [6.07, 6.45) is 16.7. The summed E-state index contributed by atoms with van der Waals surface area (Å²) in [4.78, 5) is 0. The molecule has 4 unspecified atom stereocenters. The van der Waals surface area contributed by atoms with E-state index in [9.17, 15) is 0 Å². The lowest BCUT2D eigenvalue weighted by atomic mass is 9.33. The van der Waals surface area contributed by atoms with Gasteiger partial charge in [-0.3, -0.25) is 0 Å². The normalized spacial score (nSPS) is 50.3. The molecular weight excluding hydrogens is 426 g/mol. The minimum Gasteiger partial charge on any atom is -0.384 e. The Labute approximate surface area is 217 Å². The largest absolute Gasteiger partial charge is 0.384 e. The first-order chi connectivity index (χ1) is 16.3. The predicted molar refractivity (Wildman–Crippen MR) is 148 cm³/mol. The molecule has 35 heavy (non-hydrogen) atoms. The maximum absolute atomic E-state index is 5.96. The van der Waals surface area contributed by atoms with Crippen molar-refractivity contribution in [3.63, 3.8) is 0 Å². The van der Waals surface area contributed by atoms with Gasteiger partial charge >= 0.3 is 0 Å². The Balaban J connectivity index is 1.54. The molecule has 5 aliphatic carbocycles. The lowest BCUT2D eigenvalue weighted by Gasteiger charge is -2.71. The molecule has 0 bridgehead atoms. The number of allylic oxidation sites excluding steroid dienone is 2. The van der Waals surface area contributed by atoms with Gasteiger partial charge in [-0.1, -0.05) is 60.1 Å². The van der Waals surface area contributed by atoms with Crippen molar-refractivity contribution >= 4 is 0 Å². The number of rotatable bonds is 4. The number of nitrogens with one attached hydrogen (secondary N) is 1. The summed E-state index contributed by atoms with van der Waals surface area (Å²) in [6, 6.07) is 0. The quantitative estimate of drug-likeness (QED) is 0.406. The van der Waals surface area contributed by atoms with Crippen LogP contribution < -0.4 is 5.32 Å². The van der Waals surface area contributed by atoms with Crippen LogP contribution in [0.5, 0.6) is 0 Å². The molecule has 1 N–H and O–H groups in total. The van der Waals surface area contributed by atoms with Crippen LogP contribution in [0.15, 0.2) is 11.6 Å². The molecule has 5 aliphatic rings. The second-order valence-electron chi connectivity index (χ2n) is 16.1. The van der Waals surface area contributed by atoms with E-state index in [1.165, 1.54) is 70.8 Å². The first-order valence-electron chi connectivity index (χ1n) is 15.1. The highest BCUT2D eigenvalue weighted by molar-refractivity contribution is 5.33. The van der Waals surface area contributed by atoms with E-state index in [2.05, 4.69) is 66.9 Å². The molecule has 2 nitrogen and oxygen atoms in total. The molecule has 200 valence electrons. The van der Waals surface area contributed by atoms with Gasteiger partial charge in [0.05, 0.1) is 6.61 Å². The summed E-state index contributed by atoms with van der Waals surface area (Å²) in [5.74, 6) is 3.21. The second kappa shape index (κ2) is 8.33. The van der Waals surface area contributed by atoms with Crippen molar-refractivity contribution in [2.75, 3.05) is 27.3 Å². The van der Waals surface area contributed by atoms with E-state index in [1.807, 2.05) is 12.7 Å². The Morgan fingerprint density at radius 1 is 0.886 bits per heavy atom. The molecule has 0 saturated heterocycles. The summed E-state index contributed by atoms with van der Waals surface area (Å²) in [5, 5.41) is 3.54. The summed E-state index contributed by atoms with van der Waals surface area (Å²) >= 11 is 0. The topological polar surface area (TPSA) is 21.3 Å². The first kappa shape index (κ1) is 26.3. The molecule has 4 saturated carbocycles. The van der Waals surface area contributed by atoms with Crippen molar-refractivity contribution in [2.24, 2.45) is 56.2 Å². The zero-order valence-electron chi connectivity index (χ0n) is 24.8. The summed E-state index contributed by atoms with van der Waals surface area (Å²) < 4.78 is 5.96. The van der Waals surface area contributed by atoms with E-state index in [4.69, 9.17) is 4.74 Å². The zero-order chi connectivity index (χ0) is 25.5. The lowest BCUT2D eigenvalue weighted by Crippen LogP contribution is -2.64. The molecular formula is C33H57NO. The molecule has 0 aromatic carbocycles. The number of fused-ring (bicyclic) bond motifs is 7. The van der Waals surface area contributed by atoms with Crippen LogP contribution in [-0.4, -0.2) is 27.3 Å². The minimum absolute atomic E-state index is 0.352. The SMILES string of the molecule is CNCC1CC[C@@]2(C)C(CC[C@]3(C)C2CC=C2C4CC(C)(C)CC[C@]4(COC)CC[C@]23C)C1(C)C. The standard InChI is InChI=1S/C33H57NO/c1-28(2)16-18-33(22-35-9)19-17-31(6)24(25(33)20-28)10-11-27-30(5)14-12-23(21-34-8)29(3,4)26(30)13-15-32(27,31)7/h10,23,25-27,34H,11-22H2,1-9H3/t23?,25?,26?,27?,30-,31+,32+,33+/m0/s1. The summed E-state index contributed by atoms with van der Waals surface area (Å²) in [7, 11) is 4.09. The molecule has 2 heteroatoms. The average Bonchev–Trinajstić information content (AvgIpc) is 2.77. The average molecular weight is 484 g/mol. The smallest absolute Gasteiger partial charge is 0.0524 e. The molecule has 0 aliphatic heterocycles. The highest BCUT2D eigenvalue weighted by atomic mass is 16.5. The fraction of sp³-hybridized carbons (Fsp3) is 0.939. The number of hydrogen-bond acceptors (Lipinski definition) is 2. The number of methoxy groups -OCH3 is 1. The van der Waals surface area contributed by atoms with Crippen LogP contribution >= 0.6 is 0 Å². The Morgan fingerprint density at radius 3 is 2.29 bits per heavy atom. The van der Waals surface area contributed by atoms with E-state index in [0.29, 0.717) is 32.5 Å². The van der Waals surface area contributed by atoms with Crippen molar-refractivity contribution in [1.82, 2.24) is 5.32 Å². The molecule has 0 aromatic heterocycles. The van der Waals surface area contributed by atoms with Crippen LogP contribution in [0, 0.1) is 56.2 Å². The molecule has 5 rings (SSSR count). The Hall–Kier alpha value is -0.340. The van der Waals surface area contributed by atoms with E-state index < -0.39 is 0 Å². The van der Waals surface area contributed by atoms with E-state index in [-0.39, 0.29) is 0 Å². The summed E-state index contributed by atoms with van der Waals surface area (Å²) in [5.41, 5.74) is 4.39. The minimum atomic E-state index is 0.352. The van der Waals surface area contributed by atoms with Gasteiger partial charge in [0.15, 0.2) is 0 Å². The Morgan fingerprint density at radius 2 is 1.60 bits per heavy atom. The molecule has 0 heterocycles. The highest BCUT2D eigenvalue weighted by Gasteiger charge is 2.68. The van der Waals surface area contributed by atoms with Crippen molar-refractivity contribution in [3.05, 3.63) is 11.6 Å². The van der Waals surface area contributed by atoms with Crippen molar-refractivity contribution in [3.8, 4) is 0 Å². The third kappa shape index (κ3) is 3.54. The van der Waals surface area contributed by atoms with Gasteiger partial charge in [0.1, 0.15) is 0 Å². The highest BCUT2D eigenvalue weighted by Crippen LogP contribution is 2.76. The maximum atomic E-state index is 5.96. The zero-order valence-corrected chi connectivity index (χ0v) is 24.8. The maximum Gasteiger partial charge on any atom is 0.0524 e. The van der Waals surface area contributed by atoms with Crippen LogP contribution in [0.2, 0.25) is 0 Å². The van der Waals surface area contributed by atoms with Crippen LogP contribution in [0.3, 0.4) is 0 Å². The van der Waals surface area contributed by atoms with Crippen LogP contribution in [0.25, 0.3) is 0 Å². The van der Waals surface area contributed by atoms with Gasteiger partial charge in [0, 0.05) is 12.5 Å². The van der Waals surface area contributed by atoms with Gasteiger partial charge < -0.3 is 10.1 Å². The Kier molecular flexibility index (Phi) is 6.25. The third-order valence-electron chi connectivity index (χ3n) is 13.9. The van der Waals surface area contributed by atoms with Crippen molar-refractivity contribution < 1.29 is 4.74 Å². The fourth-order valence-electron chi connectivity index (χ4n) is 11.6. The first-order valence-corrected chi connectivity index (χ1v) is 15.1. The lowest BCUT2D eigenvalue weighted by molar-refractivity contribution is -0.194. The second-order valence-corrected chi connectivity index (χ2v) is 16.1. The van der Waals surface area contributed by atoms with Gasteiger partial charge in [0.25, 0.3) is 0 Å². The molecule has 8 atom stereocenters. The van der Waals surface area contributed by atoms with E-state index in [1.54, 1.807) is 0 Å². The summed E-state index contributed by atoms with van der Waals surface area (Å²) in [6.45, 7) is 20.7. The van der Waals surface area contributed by atoms with Crippen LogP contribution in [0.1, 0.15) is 113 Å². The molecule has 0 spiro atoms. The molecule has 4 fully saturated rings. The predicted octanol–water partition coefficient (Wildman–Crippen LogP) is 8.27. The molecule has 0 amide bonds. The van der Waals surface area contributed by atoms with Crippen LogP contribution in [0.4, 0.5) is 0 Å². The Bertz CT molecular complexity index is 857. The van der Waals surface area contributed by atoms with Gasteiger partial charge in [0.2, 0.25) is 0 Å². The number of hydrogen-bond donors (Lipinski definition) is 1.